The molecule has 0 aliphatic carbocycles. The maximum absolute atomic E-state index is 11.9. The summed E-state index contributed by atoms with van der Waals surface area (Å²) in [5.74, 6) is 0.566. The normalized spacial score (nSPS) is 10.4. The van der Waals surface area contributed by atoms with E-state index in [4.69, 9.17) is 0 Å². The number of aromatic amines is 1. The van der Waals surface area contributed by atoms with Crippen molar-refractivity contribution in [2.75, 3.05) is 0 Å². The first-order valence-electron chi connectivity index (χ1n) is 6.32. The van der Waals surface area contributed by atoms with Gasteiger partial charge in [-0.2, -0.15) is 0 Å². The van der Waals surface area contributed by atoms with E-state index in [9.17, 15) is 4.79 Å². The van der Waals surface area contributed by atoms with Crippen LogP contribution < -0.4 is 5.56 Å². The highest BCUT2D eigenvalue weighted by molar-refractivity contribution is 5.65. The van der Waals surface area contributed by atoms with Crippen molar-refractivity contribution >= 4 is 0 Å². The molecule has 0 fully saturated rings. The molecule has 2 aromatic heterocycles. The van der Waals surface area contributed by atoms with Crippen LogP contribution in [-0.4, -0.2) is 15.0 Å². The van der Waals surface area contributed by atoms with Crippen molar-refractivity contribution < 1.29 is 0 Å². The summed E-state index contributed by atoms with van der Waals surface area (Å²) in [7, 11) is 0. The molecule has 0 unspecified atom stereocenters. The molecule has 4 nitrogen and oxygen atoms in total. The van der Waals surface area contributed by atoms with E-state index < -0.39 is 0 Å². The van der Waals surface area contributed by atoms with Crippen LogP contribution in [0.4, 0.5) is 0 Å². The number of H-pyrrole nitrogens is 1. The fourth-order valence-electron chi connectivity index (χ4n) is 2.06. The molecule has 1 aromatic carbocycles. The van der Waals surface area contributed by atoms with E-state index in [2.05, 4.69) is 15.0 Å². The van der Waals surface area contributed by atoms with Gasteiger partial charge in [0.1, 0.15) is 5.82 Å². The Kier molecular flexibility index (Phi) is 3.13. The lowest BCUT2D eigenvalue weighted by Crippen LogP contribution is -2.09. The van der Waals surface area contributed by atoms with Crippen LogP contribution in [0.3, 0.4) is 0 Å². The Balaban J connectivity index is 2.18. The van der Waals surface area contributed by atoms with Crippen molar-refractivity contribution in [3.63, 3.8) is 0 Å². The van der Waals surface area contributed by atoms with Gasteiger partial charge in [0.25, 0.3) is 5.56 Å². The highest BCUT2D eigenvalue weighted by Crippen LogP contribution is 2.21. The van der Waals surface area contributed by atoms with Gasteiger partial charge in [-0.25, -0.2) is 4.98 Å². The molecule has 3 aromatic rings. The maximum Gasteiger partial charge on any atom is 0.251 e. The molecule has 2 heterocycles. The van der Waals surface area contributed by atoms with Crippen molar-refractivity contribution in [1.82, 2.24) is 15.0 Å². The van der Waals surface area contributed by atoms with Crippen molar-refractivity contribution in [3.05, 3.63) is 70.8 Å². The van der Waals surface area contributed by atoms with Crippen LogP contribution in [0.15, 0.2) is 59.7 Å². The van der Waals surface area contributed by atoms with Gasteiger partial charge in [0.2, 0.25) is 0 Å². The quantitative estimate of drug-likeness (QED) is 0.773. The van der Waals surface area contributed by atoms with Crippen LogP contribution in [0, 0.1) is 6.92 Å². The minimum Gasteiger partial charge on any atom is -0.306 e. The molecule has 0 aliphatic heterocycles. The third kappa shape index (κ3) is 2.36. The van der Waals surface area contributed by atoms with Crippen LogP contribution in [-0.2, 0) is 0 Å². The number of pyridine rings is 1. The second-order valence-corrected chi connectivity index (χ2v) is 4.54. The number of hydrogen-bond acceptors (Lipinski definition) is 3. The average Bonchev–Trinajstić information content (AvgIpc) is 2.48. The van der Waals surface area contributed by atoms with Gasteiger partial charge in [0.15, 0.2) is 0 Å². The molecule has 0 spiro atoms. The smallest absolute Gasteiger partial charge is 0.251 e. The van der Waals surface area contributed by atoms with Gasteiger partial charge in [-0.05, 0) is 18.6 Å². The lowest BCUT2D eigenvalue weighted by Gasteiger charge is -2.06. The topological polar surface area (TPSA) is 58.6 Å². The van der Waals surface area contributed by atoms with Crippen LogP contribution in [0.5, 0.6) is 0 Å². The standard InChI is InChI=1S/C16H13N3O/c1-11-7-8-17-10-13(11)14-9-15(20)19-16(18-14)12-5-3-2-4-6-12/h2-10H,1H3,(H,18,19,20). The first-order valence-corrected chi connectivity index (χ1v) is 6.32. The molecule has 3 rings (SSSR count). The van der Waals surface area contributed by atoms with Crippen LogP contribution in [0.1, 0.15) is 5.56 Å². The Morgan fingerprint density at radius 2 is 1.90 bits per heavy atom. The number of benzene rings is 1. The molecular formula is C16H13N3O. The molecule has 98 valence electrons. The van der Waals surface area contributed by atoms with Gasteiger partial charge >= 0.3 is 0 Å². The Hall–Kier alpha value is -2.75. The van der Waals surface area contributed by atoms with E-state index in [0.29, 0.717) is 11.5 Å². The maximum atomic E-state index is 11.9. The first-order chi connectivity index (χ1) is 9.74. The summed E-state index contributed by atoms with van der Waals surface area (Å²) in [6.45, 7) is 1.97. The van der Waals surface area contributed by atoms with Crippen LogP contribution in [0.25, 0.3) is 22.6 Å². The van der Waals surface area contributed by atoms with Gasteiger partial charge in [-0.3, -0.25) is 9.78 Å². The second-order valence-electron chi connectivity index (χ2n) is 4.54. The molecule has 0 aliphatic rings. The number of hydrogen-bond donors (Lipinski definition) is 1. The third-order valence-corrected chi connectivity index (χ3v) is 3.10. The zero-order valence-electron chi connectivity index (χ0n) is 11.0. The highest BCUT2D eigenvalue weighted by Gasteiger charge is 2.07. The molecule has 20 heavy (non-hydrogen) atoms. The molecule has 0 bridgehead atoms. The van der Waals surface area contributed by atoms with Crippen molar-refractivity contribution in [1.29, 1.82) is 0 Å². The van der Waals surface area contributed by atoms with Crippen LogP contribution >= 0.6 is 0 Å². The Morgan fingerprint density at radius 1 is 1.10 bits per heavy atom. The summed E-state index contributed by atoms with van der Waals surface area (Å²) in [4.78, 5) is 23.3. The van der Waals surface area contributed by atoms with Gasteiger partial charge < -0.3 is 4.98 Å². The van der Waals surface area contributed by atoms with E-state index in [1.807, 2.05) is 43.3 Å². The van der Waals surface area contributed by atoms with Crippen molar-refractivity contribution in [2.45, 2.75) is 6.92 Å². The zero-order valence-corrected chi connectivity index (χ0v) is 11.0. The summed E-state index contributed by atoms with van der Waals surface area (Å²) < 4.78 is 0. The average molecular weight is 263 g/mol. The Bertz CT molecular complexity index is 794. The number of nitrogens with one attached hydrogen (secondary N) is 1. The molecule has 0 saturated heterocycles. The minimum atomic E-state index is -0.169. The van der Waals surface area contributed by atoms with E-state index in [1.54, 1.807) is 12.4 Å². The third-order valence-electron chi connectivity index (χ3n) is 3.10. The predicted molar refractivity (Wildman–Crippen MR) is 78.3 cm³/mol. The summed E-state index contributed by atoms with van der Waals surface area (Å²) >= 11 is 0. The van der Waals surface area contributed by atoms with E-state index in [1.165, 1.54) is 6.07 Å². The van der Waals surface area contributed by atoms with Gasteiger partial charge in [0.05, 0.1) is 5.69 Å². The summed E-state index contributed by atoms with van der Waals surface area (Å²) in [5, 5.41) is 0. The molecule has 1 N–H and O–H groups in total. The minimum absolute atomic E-state index is 0.169. The molecule has 0 amide bonds. The van der Waals surface area contributed by atoms with Crippen molar-refractivity contribution in [2.24, 2.45) is 0 Å². The zero-order chi connectivity index (χ0) is 13.9. The molecule has 4 heteroatoms. The number of nitrogens with zero attached hydrogens (tertiary/aromatic N) is 2. The van der Waals surface area contributed by atoms with Gasteiger partial charge in [-0.1, -0.05) is 30.3 Å². The number of aryl methyl sites for hydroxylation is 1. The van der Waals surface area contributed by atoms with Crippen molar-refractivity contribution in [3.8, 4) is 22.6 Å². The van der Waals surface area contributed by atoms with E-state index >= 15 is 0 Å². The predicted octanol–water partition coefficient (Wildman–Crippen LogP) is 2.81. The largest absolute Gasteiger partial charge is 0.306 e. The molecule has 0 atom stereocenters. The number of rotatable bonds is 2. The summed E-state index contributed by atoms with van der Waals surface area (Å²) in [5.41, 5.74) is 3.26. The summed E-state index contributed by atoms with van der Waals surface area (Å²) in [6, 6.07) is 13.0. The lowest BCUT2D eigenvalue weighted by molar-refractivity contribution is 1.12. The van der Waals surface area contributed by atoms with Gasteiger partial charge in [-0.15, -0.1) is 0 Å². The summed E-state index contributed by atoms with van der Waals surface area (Å²) in [6.07, 6.45) is 3.45. The van der Waals surface area contributed by atoms with Crippen LogP contribution in [0.2, 0.25) is 0 Å². The first kappa shape index (κ1) is 12.3. The Labute approximate surface area is 116 Å². The molecule has 0 saturated carbocycles. The van der Waals surface area contributed by atoms with E-state index in [0.717, 1.165) is 16.7 Å². The molecular weight excluding hydrogens is 250 g/mol. The fraction of sp³-hybridized carbons (Fsp3) is 0.0625. The lowest BCUT2D eigenvalue weighted by atomic mass is 10.1. The molecule has 0 radical (unpaired) electrons. The fourth-order valence-corrected chi connectivity index (χ4v) is 2.06. The number of aromatic nitrogens is 3. The highest BCUT2D eigenvalue weighted by atomic mass is 16.1. The second kappa shape index (κ2) is 5.09. The van der Waals surface area contributed by atoms with Gasteiger partial charge in [0, 0.05) is 29.6 Å². The monoisotopic (exact) mass is 263 g/mol. The van der Waals surface area contributed by atoms with E-state index in [-0.39, 0.29) is 5.56 Å². The SMILES string of the molecule is Cc1ccncc1-c1cc(=O)[nH]c(-c2ccccc2)n1. The Morgan fingerprint density at radius 3 is 2.65 bits per heavy atom.